The molecule has 0 aliphatic carbocycles. The summed E-state index contributed by atoms with van der Waals surface area (Å²) >= 11 is 0. The monoisotopic (exact) mass is 171 g/mol. The number of hydrogen-bond donors (Lipinski definition) is 0. The Morgan fingerprint density at radius 1 is 1.31 bits per heavy atom. The molecular formula is C10H9N3. The van der Waals surface area contributed by atoms with Crippen molar-refractivity contribution in [3.63, 3.8) is 0 Å². The molecule has 3 rings (SSSR count). The van der Waals surface area contributed by atoms with Gasteiger partial charge in [-0.1, -0.05) is 0 Å². The summed E-state index contributed by atoms with van der Waals surface area (Å²) in [4.78, 5) is 8.45. The van der Waals surface area contributed by atoms with E-state index >= 15 is 0 Å². The average molecular weight is 171 g/mol. The molecule has 64 valence electrons. The molecule has 2 aromatic heterocycles. The standard InChI is InChI=1S/C10H9N3/c1-3-11-7-8-2-5-13-6-4-12-10(13)9(1)8/h1,3-4,6-7H,2,5H2. The number of imidazole rings is 1. The highest BCUT2D eigenvalue weighted by atomic mass is 15.1. The van der Waals surface area contributed by atoms with E-state index in [4.69, 9.17) is 0 Å². The van der Waals surface area contributed by atoms with Crippen LogP contribution in [0.4, 0.5) is 0 Å². The second-order valence-electron chi connectivity index (χ2n) is 3.23. The molecule has 1 aliphatic rings. The van der Waals surface area contributed by atoms with Gasteiger partial charge in [-0.3, -0.25) is 4.98 Å². The van der Waals surface area contributed by atoms with Crippen molar-refractivity contribution in [2.45, 2.75) is 13.0 Å². The molecule has 0 aromatic carbocycles. The zero-order valence-corrected chi connectivity index (χ0v) is 7.14. The first-order valence-corrected chi connectivity index (χ1v) is 4.39. The van der Waals surface area contributed by atoms with Crippen LogP contribution >= 0.6 is 0 Å². The largest absolute Gasteiger partial charge is 0.331 e. The minimum Gasteiger partial charge on any atom is -0.331 e. The molecule has 3 heteroatoms. The van der Waals surface area contributed by atoms with Crippen molar-refractivity contribution in [2.75, 3.05) is 0 Å². The summed E-state index contributed by atoms with van der Waals surface area (Å²) in [5, 5.41) is 0. The van der Waals surface area contributed by atoms with E-state index in [1.807, 2.05) is 30.9 Å². The number of rotatable bonds is 0. The van der Waals surface area contributed by atoms with Crippen LogP contribution in [0.2, 0.25) is 0 Å². The maximum absolute atomic E-state index is 4.33. The van der Waals surface area contributed by atoms with E-state index in [1.165, 1.54) is 11.1 Å². The Morgan fingerprint density at radius 3 is 3.31 bits per heavy atom. The van der Waals surface area contributed by atoms with Crippen LogP contribution in [0.3, 0.4) is 0 Å². The lowest BCUT2D eigenvalue weighted by Gasteiger charge is -2.16. The molecule has 0 fully saturated rings. The van der Waals surface area contributed by atoms with Crippen LogP contribution in [0.5, 0.6) is 0 Å². The molecule has 2 aromatic rings. The minimum atomic E-state index is 1.02. The van der Waals surface area contributed by atoms with Crippen molar-refractivity contribution in [3.05, 3.63) is 36.4 Å². The Kier molecular flexibility index (Phi) is 1.27. The lowest BCUT2D eigenvalue weighted by Crippen LogP contribution is -2.10. The van der Waals surface area contributed by atoms with Crippen LogP contribution in [-0.4, -0.2) is 14.5 Å². The summed E-state index contributed by atoms with van der Waals surface area (Å²) in [6, 6.07) is 2.04. The Morgan fingerprint density at radius 2 is 2.31 bits per heavy atom. The van der Waals surface area contributed by atoms with Gasteiger partial charge in [0.1, 0.15) is 5.82 Å². The molecule has 0 bridgehead atoms. The van der Waals surface area contributed by atoms with E-state index in [1.54, 1.807) is 0 Å². The molecule has 0 saturated heterocycles. The van der Waals surface area contributed by atoms with Gasteiger partial charge in [0, 0.05) is 36.9 Å². The van der Waals surface area contributed by atoms with Gasteiger partial charge in [0.2, 0.25) is 0 Å². The molecule has 3 nitrogen and oxygen atoms in total. The quantitative estimate of drug-likeness (QED) is 0.601. The predicted octanol–water partition coefficient (Wildman–Crippen LogP) is 1.50. The van der Waals surface area contributed by atoms with Crippen LogP contribution in [0.15, 0.2) is 30.9 Å². The number of hydrogen-bond acceptors (Lipinski definition) is 2. The average Bonchev–Trinajstić information content (AvgIpc) is 2.65. The molecule has 0 radical (unpaired) electrons. The molecule has 0 atom stereocenters. The maximum Gasteiger partial charge on any atom is 0.140 e. The summed E-state index contributed by atoms with van der Waals surface area (Å²) in [5.74, 6) is 1.07. The van der Waals surface area contributed by atoms with Crippen LogP contribution in [0.1, 0.15) is 5.56 Å². The second kappa shape index (κ2) is 2.42. The molecule has 0 saturated carbocycles. The maximum atomic E-state index is 4.33. The van der Waals surface area contributed by atoms with Crippen molar-refractivity contribution in [1.82, 2.24) is 14.5 Å². The van der Waals surface area contributed by atoms with E-state index < -0.39 is 0 Å². The first-order chi connectivity index (χ1) is 6.45. The number of fused-ring (bicyclic) bond motifs is 3. The molecule has 1 aliphatic heterocycles. The third kappa shape index (κ3) is 0.900. The van der Waals surface area contributed by atoms with Crippen molar-refractivity contribution in [3.8, 4) is 11.4 Å². The van der Waals surface area contributed by atoms with Gasteiger partial charge in [-0.2, -0.15) is 0 Å². The van der Waals surface area contributed by atoms with E-state index in [-0.39, 0.29) is 0 Å². The van der Waals surface area contributed by atoms with Crippen LogP contribution in [-0.2, 0) is 13.0 Å². The fourth-order valence-electron chi connectivity index (χ4n) is 1.82. The number of aromatic nitrogens is 3. The Labute approximate surface area is 76.1 Å². The van der Waals surface area contributed by atoms with E-state index in [2.05, 4.69) is 14.5 Å². The van der Waals surface area contributed by atoms with Gasteiger partial charge in [-0.15, -0.1) is 0 Å². The first-order valence-electron chi connectivity index (χ1n) is 4.39. The van der Waals surface area contributed by atoms with Gasteiger partial charge in [-0.05, 0) is 18.1 Å². The highest BCUT2D eigenvalue weighted by Crippen LogP contribution is 2.26. The van der Waals surface area contributed by atoms with Crippen molar-refractivity contribution in [2.24, 2.45) is 0 Å². The van der Waals surface area contributed by atoms with Gasteiger partial charge >= 0.3 is 0 Å². The third-order valence-corrected chi connectivity index (χ3v) is 2.48. The topological polar surface area (TPSA) is 30.7 Å². The second-order valence-corrected chi connectivity index (χ2v) is 3.23. The van der Waals surface area contributed by atoms with Crippen molar-refractivity contribution < 1.29 is 0 Å². The molecule has 0 amide bonds. The lowest BCUT2D eigenvalue weighted by molar-refractivity contribution is 0.681. The van der Waals surface area contributed by atoms with E-state index in [0.717, 1.165) is 18.8 Å². The molecule has 13 heavy (non-hydrogen) atoms. The molecule has 3 heterocycles. The Balaban J connectivity index is 2.30. The lowest BCUT2D eigenvalue weighted by atomic mass is 10.0. The van der Waals surface area contributed by atoms with Gasteiger partial charge in [-0.25, -0.2) is 4.98 Å². The Bertz CT molecular complexity index is 445. The normalized spacial score (nSPS) is 13.5. The molecular weight excluding hydrogens is 162 g/mol. The number of nitrogens with zero attached hydrogens (tertiary/aromatic N) is 3. The van der Waals surface area contributed by atoms with Crippen LogP contribution < -0.4 is 0 Å². The minimum absolute atomic E-state index is 1.02. The highest BCUT2D eigenvalue weighted by Gasteiger charge is 2.15. The fourth-order valence-corrected chi connectivity index (χ4v) is 1.82. The molecule has 0 N–H and O–H groups in total. The first kappa shape index (κ1) is 6.83. The summed E-state index contributed by atoms with van der Waals surface area (Å²) in [6.45, 7) is 1.02. The zero-order chi connectivity index (χ0) is 8.67. The van der Waals surface area contributed by atoms with Crippen LogP contribution in [0.25, 0.3) is 11.4 Å². The van der Waals surface area contributed by atoms with Crippen LogP contribution in [0, 0.1) is 0 Å². The van der Waals surface area contributed by atoms with Gasteiger partial charge in [0.25, 0.3) is 0 Å². The van der Waals surface area contributed by atoms with Gasteiger partial charge < -0.3 is 4.57 Å². The summed E-state index contributed by atoms with van der Waals surface area (Å²) < 4.78 is 2.18. The Hall–Kier alpha value is -1.64. The molecule has 0 unspecified atom stereocenters. The third-order valence-electron chi connectivity index (χ3n) is 2.48. The van der Waals surface area contributed by atoms with Gasteiger partial charge in [0.15, 0.2) is 0 Å². The van der Waals surface area contributed by atoms with Gasteiger partial charge in [0.05, 0.1) is 0 Å². The fraction of sp³-hybridized carbons (Fsp3) is 0.200. The van der Waals surface area contributed by atoms with E-state index in [9.17, 15) is 0 Å². The number of pyridine rings is 1. The summed E-state index contributed by atoms with van der Waals surface area (Å²) in [6.07, 6.45) is 8.70. The number of aryl methyl sites for hydroxylation is 2. The molecule has 0 spiro atoms. The highest BCUT2D eigenvalue weighted by molar-refractivity contribution is 5.61. The zero-order valence-electron chi connectivity index (χ0n) is 7.14. The smallest absolute Gasteiger partial charge is 0.140 e. The predicted molar refractivity (Wildman–Crippen MR) is 49.2 cm³/mol. The summed E-state index contributed by atoms with van der Waals surface area (Å²) in [5.41, 5.74) is 2.53. The van der Waals surface area contributed by atoms with Crippen molar-refractivity contribution >= 4 is 0 Å². The van der Waals surface area contributed by atoms with E-state index in [0.29, 0.717) is 0 Å². The van der Waals surface area contributed by atoms with Crippen molar-refractivity contribution in [1.29, 1.82) is 0 Å². The SMILES string of the molecule is c1cc2c(cn1)CCn1ccnc1-2. The summed E-state index contributed by atoms with van der Waals surface area (Å²) in [7, 11) is 0.